The van der Waals surface area contributed by atoms with E-state index in [0.717, 1.165) is 0 Å². The number of carbonyl (C=O) groups excluding carboxylic acids is 1. The Labute approximate surface area is 112 Å². The van der Waals surface area contributed by atoms with Gasteiger partial charge in [-0.2, -0.15) is 0 Å². The van der Waals surface area contributed by atoms with Gasteiger partial charge in [0.05, 0.1) is 18.3 Å². The lowest BCUT2D eigenvalue weighted by Crippen LogP contribution is -2.23. The molecule has 2 atom stereocenters. The van der Waals surface area contributed by atoms with E-state index in [-0.39, 0.29) is 12.2 Å². The number of ether oxygens (including phenoxy) is 1. The number of carbonyl (C=O) groups is 1. The lowest BCUT2D eigenvalue weighted by molar-refractivity contribution is 0.0137. The maximum Gasteiger partial charge on any atom is 0.339 e. The van der Waals surface area contributed by atoms with E-state index in [1.807, 2.05) is 0 Å². The van der Waals surface area contributed by atoms with Crippen molar-refractivity contribution in [2.24, 2.45) is 0 Å². The van der Waals surface area contributed by atoms with Crippen molar-refractivity contribution in [1.82, 2.24) is 10.3 Å². The first-order chi connectivity index (χ1) is 9.10. The molecule has 1 aromatic heterocycles. The summed E-state index contributed by atoms with van der Waals surface area (Å²) in [6, 6.07) is 1.48. The van der Waals surface area contributed by atoms with Gasteiger partial charge in [0.15, 0.2) is 0 Å². The number of hydrogen-bond acceptors (Lipinski definition) is 6. The molecule has 3 N–H and O–H groups in total. The third-order valence-electron chi connectivity index (χ3n) is 2.67. The molecule has 0 saturated heterocycles. The summed E-state index contributed by atoms with van der Waals surface area (Å²) in [5.41, 5.74) is 0.661. The second-order valence-electron chi connectivity index (χ2n) is 4.13. The van der Waals surface area contributed by atoms with Gasteiger partial charge in [-0.1, -0.05) is 0 Å². The van der Waals surface area contributed by atoms with Crippen LogP contribution in [0, 0.1) is 0 Å². The van der Waals surface area contributed by atoms with Crippen LogP contribution in [0.1, 0.15) is 35.4 Å². The highest BCUT2D eigenvalue weighted by Gasteiger charge is 2.19. The molecule has 1 aromatic rings. The summed E-state index contributed by atoms with van der Waals surface area (Å²) in [4.78, 5) is 15.4. The molecule has 0 saturated carbocycles. The van der Waals surface area contributed by atoms with E-state index in [2.05, 4.69) is 10.3 Å². The Bertz CT molecular complexity index is 411. The molecule has 2 unspecified atom stereocenters. The zero-order chi connectivity index (χ0) is 14.3. The molecule has 0 spiro atoms. The number of hydrogen-bond donors (Lipinski definition) is 3. The van der Waals surface area contributed by atoms with E-state index in [4.69, 9.17) is 4.74 Å². The maximum atomic E-state index is 11.5. The molecule has 106 valence electrons. The number of aliphatic hydroxyl groups is 2. The molecular formula is C13H20N2O4. The van der Waals surface area contributed by atoms with Crippen molar-refractivity contribution in [3.8, 4) is 0 Å². The van der Waals surface area contributed by atoms with Gasteiger partial charge in [-0.05, 0) is 33.0 Å². The Morgan fingerprint density at radius 2 is 2.21 bits per heavy atom. The largest absolute Gasteiger partial charge is 0.462 e. The molecule has 0 fully saturated rings. The third-order valence-corrected chi connectivity index (χ3v) is 2.67. The number of nitrogens with one attached hydrogen (secondary N) is 1. The van der Waals surface area contributed by atoms with Crippen molar-refractivity contribution in [2.75, 3.05) is 20.2 Å². The lowest BCUT2D eigenvalue weighted by atomic mass is 10.0. The van der Waals surface area contributed by atoms with Gasteiger partial charge in [0, 0.05) is 18.0 Å². The zero-order valence-electron chi connectivity index (χ0n) is 11.2. The number of esters is 1. The summed E-state index contributed by atoms with van der Waals surface area (Å²) in [7, 11) is 1.77. The van der Waals surface area contributed by atoms with E-state index < -0.39 is 18.2 Å². The van der Waals surface area contributed by atoms with E-state index in [1.165, 1.54) is 18.5 Å². The van der Waals surface area contributed by atoms with Crippen LogP contribution in [0.4, 0.5) is 0 Å². The van der Waals surface area contributed by atoms with Gasteiger partial charge < -0.3 is 20.3 Å². The Morgan fingerprint density at radius 3 is 2.84 bits per heavy atom. The van der Waals surface area contributed by atoms with E-state index in [1.54, 1.807) is 14.0 Å². The highest BCUT2D eigenvalue weighted by Crippen LogP contribution is 2.19. The summed E-state index contributed by atoms with van der Waals surface area (Å²) in [5, 5.41) is 22.7. The first kappa shape index (κ1) is 15.6. The summed E-state index contributed by atoms with van der Waals surface area (Å²) < 4.78 is 4.85. The Kier molecular flexibility index (Phi) is 6.41. The minimum absolute atomic E-state index is 0.263. The highest BCUT2D eigenvalue weighted by molar-refractivity contribution is 5.89. The van der Waals surface area contributed by atoms with E-state index in [9.17, 15) is 15.0 Å². The quantitative estimate of drug-likeness (QED) is 0.614. The van der Waals surface area contributed by atoms with E-state index >= 15 is 0 Å². The second-order valence-corrected chi connectivity index (χ2v) is 4.13. The van der Waals surface area contributed by atoms with Gasteiger partial charge >= 0.3 is 5.97 Å². The number of rotatable bonds is 7. The van der Waals surface area contributed by atoms with Crippen LogP contribution in [0.3, 0.4) is 0 Å². The summed E-state index contributed by atoms with van der Waals surface area (Å²) >= 11 is 0. The van der Waals surface area contributed by atoms with Crippen LogP contribution in [0.2, 0.25) is 0 Å². The molecule has 0 aromatic carbocycles. The maximum absolute atomic E-state index is 11.5. The molecular weight excluding hydrogens is 248 g/mol. The number of nitrogens with zero attached hydrogens (tertiary/aromatic N) is 1. The molecule has 0 amide bonds. The van der Waals surface area contributed by atoms with Gasteiger partial charge in [-0.3, -0.25) is 4.98 Å². The first-order valence-corrected chi connectivity index (χ1v) is 6.23. The number of pyridine rings is 1. The molecule has 1 rings (SSSR count). The van der Waals surface area contributed by atoms with Gasteiger partial charge in [0.2, 0.25) is 0 Å². The minimum Gasteiger partial charge on any atom is -0.462 e. The Morgan fingerprint density at radius 1 is 1.47 bits per heavy atom. The molecule has 0 radical (unpaired) electrons. The van der Waals surface area contributed by atoms with Crippen molar-refractivity contribution in [3.05, 3.63) is 29.6 Å². The van der Waals surface area contributed by atoms with Crippen LogP contribution in [-0.4, -0.2) is 47.5 Å². The van der Waals surface area contributed by atoms with Crippen LogP contribution < -0.4 is 5.32 Å². The van der Waals surface area contributed by atoms with Crippen LogP contribution in [0.25, 0.3) is 0 Å². The van der Waals surface area contributed by atoms with Crippen LogP contribution in [0.15, 0.2) is 18.5 Å². The fraction of sp³-hybridized carbons (Fsp3) is 0.538. The van der Waals surface area contributed by atoms with Crippen LogP contribution >= 0.6 is 0 Å². The van der Waals surface area contributed by atoms with Crippen molar-refractivity contribution >= 4 is 5.97 Å². The van der Waals surface area contributed by atoms with Crippen molar-refractivity contribution in [3.63, 3.8) is 0 Å². The van der Waals surface area contributed by atoms with Crippen LogP contribution in [-0.2, 0) is 4.74 Å². The van der Waals surface area contributed by atoms with Gasteiger partial charge in [0.1, 0.15) is 6.10 Å². The SMILES string of the molecule is CCOC(=O)c1cncc(C(O)C(O)CCNC)c1. The summed E-state index contributed by atoms with van der Waals surface area (Å²) in [5.74, 6) is -0.492. The monoisotopic (exact) mass is 268 g/mol. The third kappa shape index (κ3) is 4.59. The Hall–Kier alpha value is -1.50. The molecule has 0 aliphatic carbocycles. The zero-order valence-corrected chi connectivity index (χ0v) is 11.2. The van der Waals surface area contributed by atoms with Crippen molar-refractivity contribution in [1.29, 1.82) is 0 Å². The average molecular weight is 268 g/mol. The topological polar surface area (TPSA) is 91.7 Å². The Balaban J connectivity index is 2.77. The molecule has 0 aliphatic heterocycles. The summed E-state index contributed by atoms with van der Waals surface area (Å²) in [6.07, 6.45) is 1.22. The molecule has 1 heterocycles. The van der Waals surface area contributed by atoms with Crippen molar-refractivity contribution < 1.29 is 19.7 Å². The highest BCUT2D eigenvalue weighted by atomic mass is 16.5. The predicted octanol–water partition coefficient (Wildman–Crippen LogP) is 0.262. The minimum atomic E-state index is -1.07. The smallest absolute Gasteiger partial charge is 0.339 e. The van der Waals surface area contributed by atoms with Gasteiger partial charge in [-0.25, -0.2) is 4.79 Å². The molecule has 19 heavy (non-hydrogen) atoms. The number of aromatic nitrogens is 1. The average Bonchev–Trinajstić information content (AvgIpc) is 2.44. The molecule has 6 heteroatoms. The predicted molar refractivity (Wildman–Crippen MR) is 69.7 cm³/mol. The normalized spacial score (nSPS) is 13.9. The molecule has 0 bridgehead atoms. The first-order valence-electron chi connectivity index (χ1n) is 6.23. The second kappa shape index (κ2) is 7.83. The fourth-order valence-electron chi connectivity index (χ4n) is 1.62. The fourth-order valence-corrected chi connectivity index (χ4v) is 1.62. The van der Waals surface area contributed by atoms with Gasteiger partial charge in [0.25, 0.3) is 0 Å². The van der Waals surface area contributed by atoms with Crippen molar-refractivity contribution in [2.45, 2.75) is 25.6 Å². The number of aliphatic hydroxyl groups excluding tert-OH is 2. The standard InChI is InChI=1S/C13H20N2O4/c1-3-19-13(18)10-6-9(7-15-8-10)12(17)11(16)4-5-14-2/h6-8,11-12,14,16-17H,3-5H2,1-2H3. The summed E-state index contributed by atoms with van der Waals surface area (Å²) in [6.45, 7) is 2.57. The lowest BCUT2D eigenvalue weighted by Gasteiger charge is -2.18. The van der Waals surface area contributed by atoms with Crippen LogP contribution in [0.5, 0.6) is 0 Å². The molecule has 6 nitrogen and oxygen atoms in total. The van der Waals surface area contributed by atoms with Gasteiger partial charge in [-0.15, -0.1) is 0 Å². The molecule has 0 aliphatic rings. The van der Waals surface area contributed by atoms with E-state index in [0.29, 0.717) is 18.5 Å².